The molecule has 2 aromatic carbocycles. The van der Waals surface area contributed by atoms with Crippen molar-refractivity contribution in [1.29, 1.82) is 0 Å². The fraction of sp³-hybridized carbons (Fsp3) is 0.318. The van der Waals surface area contributed by atoms with Crippen LogP contribution in [0.5, 0.6) is 0 Å². The highest BCUT2D eigenvalue weighted by Crippen LogP contribution is 2.33. The van der Waals surface area contributed by atoms with Gasteiger partial charge in [0.1, 0.15) is 0 Å². The number of esters is 1. The number of carbonyl (C=O) groups excluding carboxylic acids is 1. The van der Waals surface area contributed by atoms with Gasteiger partial charge in [0.05, 0.1) is 6.61 Å². The number of rotatable bonds is 6. The van der Waals surface area contributed by atoms with Crippen LogP contribution in [0, 0.1) is 0 Å². The number of fused-ring (bicyclic) bond motifs is 3. The Morgan fingerprint density at radius 3 is 2.62 bits per heavy atom. The largest absolute Gasteiger partial charge is 0.462 e. The number of benzene rings is 2. The molecular weight excluding hydrogens is 296 g/mol. The molecule has 2 aromatic rings. The smallest absolute Gasteiger partial charge is 0.333 e. The Kier molecular flexibility index (Phi) is 5.14. The molecule has 0 fully saturated rings. The van der Waals surface area contributed by atoms with Gasteiger partial charge < -0.3 is 4.74 Å². The van der Waals surface area contributed by atoms with E-state index in [1.165, 1.54) is 27.8 Å². The summed E-state index contributed by atoms with van der Waals surface area (Å²) in [5, 5.41) is 0. The van der Waals surface area contributed by atoms with Crippen LogP contribution in [0.1, 0.15) is 36.5 Å². The summed E-state index contributed by atoms with van der Waals surface area (Å²) in [5.74, 6) is -0.289. The SMILES string of the molecule is C=C(C)C(=O)OCCCCc1ccc2c(c1)CCc1ccccc1-2. The average Bonchev–Trinajstić information content (AvgIpc) is 2.60. The predicted molar refractivity (Wildman–Crippen MR) is 98.0 cm³/mol. The van der Waals surface area contributed by atoms with Crippen molar-refractivity contribution >= 4 is 5.97 Å². The summed E-state index contributed by atoms with van der Waals surface area (Å²) in [6.07, 6.45) is 5.19. The minimum Gasteiger partial charge on any atom is -0.462 e. The maximum atomic E-state index is 11.3. The molecule has 0 unspecified atom stereocenters. The Labute approximate surface area is 144 Å². The Balaban J connectivity index is 1.56. The summed E-state index contributed by atoms with van der Waals surface area (Å²) < 4.78 is 5.13. The van der Waals surface area contributed by atoms with E-state index in [-0.39, 0.29) is 5.97 Å². The molecule has 1 aliphatic rings. The third-order valence-electron chi connectivity index (χ3n) is 4.58. The van der Waals surface area contributed by atoms with Gasteiger partial charge >= 0.3 is 5.97 Å². The van der Waals surface area contributed by atoms with Crippen molar-refractivity contribution in [1.82, 2.24) is 0 Å². The fourth-order valence-corrected chi connectivity index (χ4v) is 3.26. The van der Waals surface area contributed by atoms with Crippen molar-refractivity contribution in [3.63, 3.8) is 0 Å². The quantitative estimate of drug-likeness (QED) is 0.430. The van der Waals surface area contributed by atoms with Gasteiger partial charge in [-0.25, -0.2) is 4.79 Å². The lowest BCUT2D eigenvalue weighted by Gasteiger charge is -2.20. The lowest BCUT2D eigenvalue weighted by Crippen LogP contribution is -2.06. The highest BCUT2D eigenvalue weighted by Gasteiger charge is 2.15. The summed E-state index contributed by atoms with van der Waals surface area (Å²) in [6.45, 7) is 5.73. The first-order valence-electron chi connectivity index (χ1n) is 8.68. The molecule has 0 spiro atoms. The lowest BCUT2D eigenvalue weighted by molar-refractivity contribution is -0.139. The molecule has 24 heavy (non-hydrogen) atoms. The second-order valence-corrected chi connectivity index (χ2v) is 6.52. The van der Waals surface area contributed by atoms with Crippen LogP contribution in [0.4, 0.5) is 0 Å². The molecule has 0 aliphatic heterocycles. The predicted octanol–water partition coefficient (Wildman–Crippen LogP) is 4.89. The summed E-state index contributed by atoms with van der Waals surface area (Å²) in [7, 11) is 0. The minimum atomic E-state index is -0.289. The van der Waals surface area contributed by atoms with E-state index in [0.29, 0.717) is 12.2 Å². The van der Waals surface area contributed by atoms with Crippen molar-refractivity contribution in [3.05, 3.63) is 71.3 Å². The van der Waals surface area contributed by atoms with Gasteiger partial charge in [0.2, 0.25) is 0 Å². The molecule has 3 rings (SSSR count). The van der Waals surface area contributed by atoms with Gasteiger partial charge in [0, 0.05) is 5.57 Å². The van der Waals surface area contributed by atoms with Crippen molar-refractivity contribution in [3.8, 4) is 11.1 Å². The summed E-state index contributed by atoms with van der Waals surface area (Å²) in [5.41, 5.74) is 7.52. The van der Waals surface area contributed by atoms with E-state index < -0.39 is 0 Å². The maximum Gasteiger partial charge on any atom is 0.333 e. The third-order valence-corrected chi connectivity index (χ3v) is 4.58. The van der Waals surface area contributed by atoms with E-state index in [0.717, 1.165) is 32.1 Å². The Morgan fingerprint density at radius 1 is 1.04 bits per heavy atom. The van der Waals surface area contributed by atoms with Crippen LogP contribution in [0.15, 0.2) is 54.6 Å². The second-order valence-electron chi connectivity index (χ2n) is 6.52. The van der Waals surface area contributed by atoms with Gasteiger partial charge in [-0.05, 0) is 66.8 Å². The van der Waals surface area contributed by atoms with Crippen LogP contribution in [0.25, 0.3) is 11.1 Å². The van der Waals surface area contributed by atoms with E-state index in [2.05, 4.69) is 49.0 Å². The molecule has 2 heteroatoms. The fourth-order valence-electron chi connectivity index (χ4n) is 3.26. The van der Waals surface area contributed by atoms with Crippen LogP contribution in [0.2, 0.25) is 0 Å². The van der Waals surface area contributed by atoms with Gasteiger partial charge in [-0.1, -0.05) is 49.0 Å². The third kappa shape index (κ3) is 3.76. The summed E-state index contributed by atoms with van der Waals surface area (Å²) in [4.78, 5) is 11.3. The van der Waals surface area contributed by atoms with E-state index in [1.807, 2.05) is 0 Å². The second kappa shape index (κ2) is 7.48. The van der Waals surface area contributed by atoms with Crippen molar-refractivity contribution < 1.29 is 9.53 Å². The van der Waals surface area contributed by atoms with Gasteiger partial charge in [-0.3, -0.25) is 0 Å². The summed E-state index contributed by atoms with van der Waals surface area (Å²) in [6, 6.07) is 15.6. The molecule has 0 amide bonds. The molecule has 124 valence electrons. The number of hydrogen-bond donors (Lipinski definition) is 0. The van der Waals surface area contributed by atoms with Crippen molar-refractivity contribution in [2.24, 2.45) is 0 Å². The molecule has 0 aromatic heterocycles. The van der Waals surface area contributed by atoms with E-state index >= 15 is 0 Å². The topological polar surface area (TPSA) is 26.3 Å². The van der Waals surface area contributed by atoms with Crippen molar-refractivity contribution in [2.75, 3.05) is 6.61 Å². The Morgan fingerprint density at radius 2 is 1.79 bits per heavy atom. The number of unbranched alkanes of at least 4 members (excludes halogenated alkanes) is 1. The molecule has 0 saturated carbocycles. The van der Waals surface area contributed by atoms with Crippen LogP contribution in [-0.2, 0) is 28.8 Å². The molecule has 0 atom stereocenters. The summed E-state index contributed by atoms with van der Waals surface area (Å²) >= 11 is 0. The molecule has 0 bridgehead atoms. The molecule has 2 nitrogen and oxygen atoms in total. The lowest BCUT2D eigenvalue weighted by atomic mass is 9.84. The monoisotopic (exact) mass is 320 g/mol. The Hall–Kier alpha value is -2.35. The molecule has 0 radical (unpaired) electrons. The van der Waals surface area contributed by atoms with E-state index in [1.54, 1.807) is 6.92 Å². The molecular formula is C22H24O2. The first-order chi connectivity index (χ1) is 11.6. The zero-order chi connectivity index (χ0) is 16.9. The first-order valence-corrected chi connectivity index (χ1v) is 8.68. The highest BCUT2D eigenvalue weighted by atomic mass is 16.5. The van der Waals surface area contributed by atoms with Crippen LogP contribution >= 0.6 is 0 Å². The minimum absolute atomic E-state index is 0.289. The standard InChI is InChI=1S/C22H24O2/c1-16(2)22(23)24-14-6-5-7-17-10-13-21-19(15-17)12-11-18-8-3-4-9-20(18)21/h3-4,8-10,13,15H,1,5-7,11-12,14H2,2H3. The normalized spacial score (nSPS) is 12.2. The van der Waals surface area contributed by atoms with E-state index in [4.69, 9.17) is 4.74 Å². The van der Waals surface area contributed by atoms with Gasteiger partial charge in [-0.15, -0.1) is 0 Å². The molecule has 0 N–H and O–H groups in total. The number of ether oxygens (including phenoxy) is 1. The number of hydrogen-bond acceptors (Lipinski definition) is 2. The number of carbonyl (C=O) groups is 1. The zero-order valence-electron chi connectivity index (χ0n) is 14.3. The van der Waals surface area contributed by atoms with Gasteiger partial charge in [-0.2, -0.15) is 0 Å². The van der Waals surface area contributed by atoms with Crippen LogP contribution in [0.3, 0.4) is 0 Å². The molecule has 0 saturated heterocycles. The zero-order valence-corrected chi connectivity index (χ0v) is 14.3. The van der Waals surface area contributed by atoms with Gasteiger partial charge in [0.15, 0.2) is 0 Å². The number of aryl methyl sites for hydroxylation is 3. The van der Waals surface area contributed by atoms with Crippen LogP contribution < -0.4 is 0 Å². The van der Waals surface area contributed by atoms with Gasteiger partial charge in [0.25, 0.3) is 0 Å². The molecule has 0 heterocycles. The van der Waals surface area contributed by atoms with E-state index in [9.17, 15) is 4.79 Å². The van der Waals surface area contributed by atoms with Crippen molar-refractivity contribution in [2.45, 2.75) is 39.0 Å². The average molecular weight is 320 g/mol. The highest BCUT2D eigenvalue weighted by molar-refractivity contribution is 5.86. The molecule has 1 aliphatic carbocycles. The first kappa shape index (κ1) is 16.5. The maximum absolute atomic E-state index is 11.3. The Bertz CT molecular complexity index is 758. The van der Waals surface area contributed by atoms with Crippen LogP contribution in [-0.4, -0.2) is 12.6 Å².